The SMILES string of the molecule is Cc1nn(Cc2ccc(Cl)cc2Cl)c2sc(C(=O)Nc3ccccn3)cc12. The molecule has 4 rings (SSSR count). The largest absolute Gasteiger partial charge is 0.306 e. The predicted octanol–water partition coefficient (Wildman–Crippen LogP) is 5.41. The Morgan fingerprint density at radius 3 is 2.81 bits per heavy atom. The van der Waals surface area contributed by atoms with Crippen LogP contribution in [0, 0.1) is 6.92 Å². The fraction of sp³-hybridized carbons (Fsp3) is 0.105. The number of hydrogen-bond acceptors (Lipinski definition) is 4. The minimum absolute atomic E-state index is 0.189. The monoisotopic (exact) mass is 416 g/mol. The molecular formula is C19H14Cl2N4OS. The minimum Gasteiger partial charge on any atom is -0.306 e. The standard InChI is InChI=1S/C19H14Cl2N4OS/c1-11-14-9-16(18(26)23-17-4-2-3-7-22-17)27-19(14)25(24-11)10-12-5-6-13(20)8-15(12)21/h2-9H,10H2,1H3,(H,22,23,26). The van der Waals surface area contributed by atoms with Crippen LogP contribution in [-0.4, -0.2) is 20.7 Å². The fourth-order valence-corrected chi connectivity index (χ4v) is 4.28. The van der Waals surface area contributed by atoms with Crippen LogP contribution in [0.5, 0.6) is 0 Å². The van der Waals surface area contributed by atoms with Gasteiger partial charge in [0.2, 0.25) is 0 Å². The Morgan fingerprint density at radius 2 is 2.07 bits per heavy atom. The van der Waals surface area contributed by atoms with E-state index in [4.69, 9.17) is 23.2 Å². The van der Waals surface area contributed by atoms with Gasteiger partial charge in [-0.15, -0.1) is 11.3 Å². The number of aromatic nitrogens is 3. The molecule has 5 nitrogen and oxygen atoms in total. The first-order valence-corrected chi connectivity index (χ1v) is 9.72. The van der Waals surface area contributed by atoms with E-state index in [0.29, 0.717) is 27.3 Å². The number of rotatable bonds is 4. The van der Waals surface area contributed by atoms with E-state index in [0.717, 1.165) is 21.5 Å². The molecule has 1 aromatic carbocycles. The zero-order chi connectivity index (χ0) is 19.0. The lowest BCUT2D eigenvalue weighted by Crippen LogP contribution is -2.11. The molecule has 0 aliphatic rings. The molecule has 3 aromatic heterocycles. The third-order valence-corrected chi connectivity index (χ3v) is 5.81. The Hall–Kier alpha value is -2.41. The van der Waals surface area contributed by atoms with Crippen LogP contribution < -0.4 is 5.32 Å². The Kier molecular flexibility index (Phi) is 4.86. The van der Waals surface area contributed by atoms with Crippen LogP contribution in [0.15, 0.2) is 48.7 Å². The Bertz CT molecular complexity index is 1140. The van der Waals surface area contributed by atoms with Gasteiger partial charge >= 0.3 is 0 Å². The lowest BCUT2D eigenvalue weighted by molar-refractivity contribution is 0.103. The smallest absolute Gasteiger partial charge is 0.266 e. The van der Waals surface area contributed by atoms with Crippen LogP contribution >= 0.6 is 34.5 Å². The quantitative estimate of drug-likeness (QED) is 0.483. The van der Waals surface area contributed by atoms with E-state index in [1.807, 2.05) is 29.8 Å². The number of hydrogen-bond donors (Lipinski definition) is 1. The molecule has 0 saturated carbocycles. The predicted molar refractivity (Wildman–Crippen MR) is 110 cm³/mol. The molecule has 27 heavy (non-hydrogen) atoms. The number of nitrogens with zero attached hydrogens (tertiary/aromatic N) is 3. The van der Waals surface area contributed by atoms with Gasteiger partial charge in [0.1, 0.15) is 10.6 Å². The van der Waals surface area contributed by atoms with E-state index in [2.05, 4.69) is 15.4 Å². The van der Waals surface area contributed by atoms with Crippen molar-refractivity contribution in [1.29, 1.82) is 0 Å². The highest BCUT2D eigenvalue weighted by molar-refractivity contribution is 7.20. The molecule has 0 fully saturated rings. The highest BCUT2D eigenvalue weighted by Gasteiger charge is 2.17. The first-order valence-electron chi connectivity index (χ1n) is 8.14. The van der Waals surface area contributed by atoms with Gasteiger partial charge in [-0.05, 0) is 42.8 Å². The molecule has 0 bridgehead atoms. The van der Waals surface area contributed by atoms with Gasteiger partial charge in [0.05, 0.1) is 17.1 Å². The molecule has 136 valence electrons. The number of aryl methyl sites for hydroxylation is 1. The molecule has 0 aliphatic carbocycles. The Labute approximate surface area is 169 Å². The third-order valence-electron chi connectivity index (χ3n) is 4.07. The van der Waals surface area contributed by atoms with Gasteiger partial charge in [0, 0.05) is 21.6 Å². The summed E-state index contributed by atoms with van der Waals surface area (Å²) in [5.74, 6) is 0.330. The molecule has 0 spiro atoms. The average Bonchev–Trinajstić information content (AvgIpc) is 3.20. The van der Waals surface area contributed by atoms with E-state index >= 15 is 0 Å². The second kappa shape index (κ2) is 7.31. The van der Waals surface area contributed by atoms with Gasteiger partial charge in [0.15, 0.2) is 0 Å². The zero-order valence-electron chi connectivity index (χ0n) is 14.2. The van der Waals surface area contributed by atoms with Crippen molar-refractivity contribution in [3.63, 3.8) is 0 Å². The maximum atomic E-state index is 12.5. The van der Waals surface area contributed by atoms with Gasteiger partial charge in [-0.25, -0.2) is 4.98 Å². The summed E-state index contributed by atoms with van der Waals surface area (Å²) >= 11 is 13.7. The van der Waals surface area contributed by atoms with Crippen LogP contribution in [0.4, 0.5) is 5.82 Å². The summed E-state index contributed by atoms with van der Waals surface area (Å²) in [7, 11) is 0. The summed E-state index contributed by atoms with van der Waals surface area (Å²) < 4.78 is 1.86. The maximum Gasteiger partial charge on any atom is 0.266 e. The lowest BCUT2D eigenvalue weighted by Gasteiger charge is -2.06. The molecule has 0 radical (unpaired) electrons. The molecule has 0 atom stereocenters. The molecule has 1 N–H and O–H groups in total. The van der Waals surface area contributed by atoms with Crippen LogP contribution in [0.3, 0.4) is 0 Å². The van der Waals surface area contributed by atoms with Gasteiger partial charge in [0.25, 0.3) is 5.91 Å². The van der Waals surface area contributed by atoms with E-state index in [-0.39, 0.29) is 5.91 Å². The van der Waals surface area contributed by atoms with Gasteiger partial charge in [-0.3, -0.25) is 9.48 Å². The molecule has 3 heterocycles. The van der Waals surface area contributed by atoms with Crippen LogP contribution in [0.2, 0.25) is 10.0 Å². The molecule has 0 aliphatic heterocycles. The van der Waals surface area contributed by atoms with Gasteiger partial charge in [-0.1, -0.05) is 35.3 Å². The number of nitrogens with one attached hydrogen (secondary N) is 1. The molecular weight excluding hydrogens is 403 g/mol. The van der Waals surface area contributed by atoms with Gasteiger partial charge < -0.3 is 5.32 Å². The summed E-state index contributed by atoms with van der Waals surface area (Å²) in [6.07, 6.45) is 1.64. The molecule has 4 aromatic rings. The highest BCUT2D eigenvalue weighted by Crippen LogP contribution is 2.30. The van der Waals surface area contributed by atoms with Crippen LogP contribution in [0.1, 0.15) is 20.9 Å². The number of amides is 1. The summed E-state index contributed by atoms with van der Waals surface area (Å²) in [6, 6.07) is 12.6. The Balaban J connectivity index is 1.64. The van der Waals surface area contributed by atoms with Crippen molar-refractivity contribution in [1.82, 2.24) is 14.8 Å². The van der Waals surface area contributed by atoms with Crippen molar-refractivity contribution in [2.75, 3.05) is 5.32 Å². The second-order valence-corrected chi connectivity index (χ2v) is 7.85. The van der Waals surface area contributed by atoms with E-state index in [1.165, 1.54) is 11.3 Å². The first kappa shape index (κ1) is 18.0. The summed E-state index contributed by atoms with van der Waals surface area (Å²) in [4.78, 5) is 18.2. The lowest BCUT2D eigenvalue weighted by atomic mass is 10.2. The number of halogens is 2. The zero-order valence-corrected chi connectivity index (χ0v) is 16.6. The molecule has 0 saturated heterocycles. The number of anilines is 1. The van der Waals surface area contributed by atoms with E-state index < -0.39 is 0 Å². The number of fused-ring (bicyclic) bond motifs is 1. The highest BCUT2D eigenvalue weighted by atomic mass is 35.5. The second-order valence-electron chi connectivity index (χ2n) is 5.98. The van der Waals surface area contributed by atoms with Gasteiger partial charge in [-0.2, -0.15) is 5.10 Å². The number of thiophene rings is 1. The minimum atomic E-state index is -0.189. The first-order chi connectivity index (χ1) is 13.0. The van der Waals surface area contributed by atoms with E-state index in [1.54, 1.807) is 30.5 Å². The Morgan fingerprint density at radius 1 is 1.22 bits per heavy atom. The van der Waals surface area contributed by atoms with Crippen molar-refractivity contribution >= 4 is 56.5 Å². The topological polar surface area (TPSA) is 59.8 Å². The third kappa shape index (κ3) is 3.69. The average molecular weight is 417 g/mol. The normalized spacial score (nSPS) is 11.1. The number of pyridine rings is 1. The summed E-state index contributed by atoms with van der Waals surface area (Å²) in [5.41, 5.74) is 1.78. The number of carbonyl (C=O) groups is 1. The molecule has 1 amide bonds. The van der Waals surface area contributed by atoms with Crippen molar-refractivity contribution in [3.8, 4) is 0 Å². The van der Waals surface area contributed by atoms with Crippen LogP contribution in [-0.2, 0) is 6.54 Å². The van der Waals surface area contributed by atoms with Crippen molar-refractivity contribution in [3.05, 3.63) is 74.8 Å². The maximum absolute atomic E-state index is 12.5. The fourth-order valence-electron chi connectivity index (χ4n) is 2.76. The van der Waals surface area contributed by atoms with Crippen LogP contribution in [0.25, 0.3) is 10.2 Å². The summed E-state index contributed by atoms with van der Waals surface area (Å²) in [6.45, 7) is 2.43. The number of carbonyl (C=O) groups excluding carboxylic acids is 1. The number of benzene rings is 1. The van der Waals surface area contributed by atoms with Crippen molar-refractivity contribution in [2.24, 2.45) is 0 Å². The molecule has 0 unspecified atom stereocenters. The van der Waals surface area contributed by atoms with Crippen molar-refractivity contribution < 1.29 is 4.79 Å². The molecule has 8 heteroatoms. The van der Waals surface area contributed by atoms with E-state index in [9.17, 15) is 4.79 Å². The van der Waals surface area contributed by atoms with Crippen molar-refractivity contribution in [2.45, 2.75) is 13.5 Å². The summed E-state index contributed by atoms with van der Waals surface area (Å²) in [5, 5.41) is 9.53.